The van der Waals surface area contributed by atoms with Crippen molar-refractivity contribution in [1.82, 2.24) is 0 Å². The van der Waals surface area contributed by atoms with E-state index in [0.29, 0.717) is 12.0 Å². The van der Waals surface area contributed by atoms with Crippen molar-refractivity contribution in [2.75, 3.05) is 0 Å². The molecule has 0 N–H and O–H groups in total. The summed E-state index contributed by atoms with van der Waals surface area (Å²) in [5.74, 6) is -0.424. The minimum absolute atomic E-state index is 0.361. The summed E-state index contributed by atoms with van der Waals surface area (Å²) in [6.07, 6.45) is 0.634. The van der Waals surface area contributed by atoms with Crippen molar-refractivity contribution >= 4 is 34.8 Å². The Kier molecular flexibility index (Phi) is 5.03. The Morgan fingerprint density at radius 2 is 2.08 bits per heavy atom. The van der Waals surface area contributed by atoms with Gasteiger partial charge in [0.1, 0.15) is 5.73 Å². The lowest BCUT2D eigenvalue weighted by molar-refractivity contribution is -0.141. The molecule has 0 heterocycles. The molecule has 0 aliphatic heterocycles. The molecule has 5 heteroatoms. The van der Waals surface area contributed by atoms with E-state index in [0.717, 1.165) is 0 Å². The van der Waals surface area contributed by atoms with Crippen LogP contribution in [0.25, 0.3) is 0 Å². The van der Waals surface area contributed by atoms with Gasteiger partial charge >= 0.3 is 5.97 Å². The number of halogens is 2. The van der Waals surface area contributed by atoms with E-state index in [1.165, 1.54) is 0 Å². The van der Waals surface area contributed by atoms with Crippen LogP contribution in [0.4, 0.5) is 0 Å². The lowest BCUT2D eigenvalue weighted by Gasteiger charge is -2.22. The third-order valence-corrected chi connectivity index (χ3v) is 4.65. The number of rotatable bonds is 4. The van der Waals surface area contributed by atoms with Gasteiger partial charge in [-0.25, -0.2) is 4.79 Å². The first-order chi connectivity index (χ1) is 5.79. The largest absolute Gasteiger partial charge is 0.460 e. The fraction of sp³-hybridized carbons (Fsp3) is 0.625. The molecule has 0 aliphatic rings. The minimum Gasteiger partial charge on any atom is -0.460 e. The molecule has 0 saturated carbocycles. The molecule has 0 fully saturated rings. The summed E-state index contributed by atoms with van der Waals surface area (Å²) in [5, 5.41) is 0. The highest BCUT2D eigenvalue weighted by Crippen LogP contribution is 2.24. The van der Waals surface area contributed by atoms with Crippen LogP contribution in [0.1, 0.15) is 20.3 Å². The van der Waals surface area contributed by atoms with Gasteiger partial charge in [0.05, 0.1) is 0 Å². The maximum absolute atomic E-state index is 11.1. The first-order valence-corrected chi connectivity index (χ1v) is 8.63. The normalized spacial score (nSPS) is 13.6. The van der Waals surface area contributed by atoms with Crippen LogP contribution >= 0.6 is 22.2 Å². The zero-order valence-electron chi connectivity index (χ0n) is 8.06. The van der Waals surface area contributed by atoms with Crippen molar-refractivity contribution in [3.63, 3.8) is 0 Å². The monoisotopic (exact) mass is 240 g/mol. The zero-order chi connectivity index (χ0) is 10.6. The Morgan fingerprint density at radius 3 is 2.31 bits per heavy atom. The van der Waals surface area contributed by atoms with Crippen LogP contribution in [-0.4, -0.2) is 18.4 Å². The van der Waals surface area contributed by atoms with Crippen LogP contribution < -0.4 is 0 Å². The molecule has 0 bridgehead atoms. The fourth-order valence-corrected chi connectivity index (χ4v) is 3.00. The Hall–Kier alpha value is 0.00688. The van der Waals surface area contributed by atoms with E-state index in [1.54, 1.807) is 13.5 Å². The topological polar surface area (TPSA) is 26.3 Å². The molecule has 0 aromatic rings. The van der Waals surface area contributed by atoms with Crippen molar-refractivity contribution in [2.24, 2.45) is 0 Å². The average molecular weight is 241 g/mol. The van der Waals surface area contributed by atoms with Gasteiger partial charge in [-0.15, -0.1) is 22.2 Å². The van der Waals surface area contributed by atoms with Crippen LogP contribution in [0.2, 0.25) is 6.55 Å². The van der Waals surface area contributed by atoms with Gasteiger partial charge in [-0.1, -0.05) is 13.5 Å². The molecule has 0 saturated heterocycles. The average Bonchev–Trinajstić information content (AvgIpc) is 1.96. The van der Waals surface area contributed by atoms with Gasteiger partial charge in [0.2, 0.25) is 0 Å². The minimum atomic E-state index is -2.44. The molecular weight excluding hydrogens is 227 g/mol. The van der Waals surface area contributed by atoms with Crippen LogP contribution in [0, 0.1) is 0 Å². The third-order valence-electron chi connectivity index (χ3n) is 1.53. The van der Waals surface area contributed by atoms with Crippen molar-refractivity contribution in [3.05, 3.63) is 12.2 Å². The van der Waals surface area contributed by atoms with E-state index in [2.05, 4.69) is 6.58 Å². The Labute approximate surface area is 89.3 Å². The number of carbonyl (C=O) groups is 1. The van der Waals surface area contributed by atoms with E-state index in [4.69, 9.17) is 26.9 Å². The molecule has 13 heavy (non-hydrogen) atoms. The third kappa shape index (κ3) is 4.69. The van der Waals surface area contributed by atoms with Gasteiger partial charge in [-0.3, -0.25) is 0 Å². The standard InChI is InChI=1S/C8H14Cl2O2Si/c1-5-7(13(4,9)10)12-8(11)6(2)3/h7H,2,5H2,1,3-4H3. The second-order valence-electron chi connectivity index (χ2n) is 3.04. The van der Waals surface area contributed by atoms with Gasteiger partial charge in [0.15, 0.2) is 0 Å². The van der Waals surface area contributed by atoms with Gasteiger partial charge in [-0.05, 0) is 19.9 Å². The molecule has 1 unspecified atom stereocenters. The lowest BCUT2D eigenvalue weighted by Crippen LogP contribution is -2.37. The number of ether oxygens (including phenoxy) is 1. The number of carbonyl (C=O) groups excluding carboxylic acids is 1. The van der Waals surface area contributed by atoms with E-state index in [-0.39, 0.29) is 5.73 Å². The van der Waals surface area contributed by atoms with Gasteiger partial charge in [0, 0.05) is 5.57 Å². The summed E-state index contributed by atoms with van der Waals surface area (Å²) in [7, 11) is 0. The van der Waals surface area contributed by atoms with Gasteiger partial charge in [0.25, 0.3) is 6.69 Å². The smallest absolute Gasteiger partial charge is 0.333 e. The second-order valence-corrected chi connectivity index (χ2v) is 10.9. The maximum Gasteiger partial charge on any atom is 0.333 e. The highest BCUT2D eigenvalue weighted by Gasteiger charge is 2.35. The summed E-state index contributed by atoms with van der Waals surface area (Å²) >= 11 is 11.9. The maximum atomic E-state index is 11.1. The first kappa shape index (κ1) is 13.0. The number of esters is 1. The van der Waals surface area contributed by atoms with Gasteiger partial charge in [-0.2, -0.15) is 0 Å². The van der Waals surface area contributed by atoms with Crippen molar-refractivity contribution in [3.8, 4) is 0 Å². The van der Waals surface area contributed by atoms with Crippen molar-refractivity contribution in [1.29, 1.82) is 0 Å². The second kappa shape index (κ2) is 5.03. The SMILES string of the molecule is C=C(C)C(=O)OC(CC)[Si](C)(Cl)Cl. The summed E-state index contributed by atoms with van der Waals surface area (Å²) in [4.78, 5) is 11.1. The first-order valence-electron chi connectivity index (χ1n) is 4.03. The molecule has 0 spiro atoms. The lowest BCUT2D eigenvalue weighted by atomic mass is 10.4. The molecule has 0 aromatic heterocycles. The summed E-state index contributed by atoms with van der Waals surface area (Å²) in [6, 6.07) is 0. The number of hydrogen-bond acceptors (Lipinski definition) is 2. The number of hydrogen-bond donors (Lipinski definition) is 0. The van der Waals surface area contributed by atoms with E-state index in [9.17, 15) is 4.79 Å². The molecule has 0 aromatic carbocycles. The summed E-state index contributed by atoms with van der Waals surface area (Å²) in [6.45, 7) is 6.25. The molecular formula is C8H14Cl2O2Si. The molecule has 0 rings (SSSR count). The predicted molar refractivity (Wildman–Crippen MR) is 58.3 cm³/mol. The zero-order valence-corrected chi connectivity index (χ0v) is 10.6. The van der Waals surface area contributed by atoms with E-state index < -0.39 is 12.7 Å². The van der Waals surface area contributed by atoms with Crippen LogP contribution in [0.5, 0.6) is 0 Å². The molecule has 76 valence electrons. The van der Waals surface area contributed by atoms with Crippen molar-refractivity contribution < 1.29 is 9.53 Å². The van der Waals surface area contributed by atoms with Crippen LogP contribution in [0.3, 0.4) is 0 Å². The fourth-order valence-electron chi connectivity index (χ4n) is 0.775. The highest BCUT2D eigenvalue weighted by atomic mass is 35.7. The Morgan fingerprint density at radius 1 is 1.62 bits per heavy atom. The van der Waals surface area contributed by atoms with Gasteiger partial charge < -0.3 is 4.74 Å². The summed E-state index contributed by atoms with van der Waals surface area (Å²) in [5.41, 5.74) is 0.00469. The molecule has 0 radical (unpaired) electrons. The van der Waals surface area contributed by atoms with Crippen LogP contribution in [0.15, 0.2) is 12.2 Å². The molecule has 0 aliphatic carbocycles. The quantitative estimate of drug-likeness (QED) is 0.327. The Bertz CT molecular complexity index is 211. The molecule has 1 atom stereocenters. The highest BCUT2D eigenvalue weighted by molar-refractivity contribution is 7.45. The van der Waals surface area contributed by atoms with E-state index in [1.807, 2.05) is 6.92 Å². The predicted octanol–water partition coefficient (Wildman–Crippen LogP) is 2.97. The Balaban J connectivity index is 4.31. The summed E-state index contributed by atoms with van der Waals surface area (Å²) < 4.78 is 5.08. The van der Waals surface area contributed by atoms with E-state index >= 15 is 0 Å². The molecule has 2 nitrogen and oxygen atoms in total. The molecule has 0 amide bonds. The van der Waals surface area contributed by atoms with Crippen molar-refractivity contribution in [2.45, 2.75) is 32.5 Å². The van der Waals surface area contributed by atoms with Crippen LogP contribution in [-0.2, 0) is 9.53 Å².